The minimum absolute atomic E-state index is 0.0812. The summed E-state index contributed by atoms with van der Waals surface area (Å²) < 4.78 is 11.4. The Balaban J connectivity index is 1.44. The summed E-state index contributed by atoms with van der Waals surface area (Å²) in [5.74, 6) is 1.56. The summed E-state index contributed by atoms with van der Waals surface area (Å²) in [6.45, 7) is 4.21. The van der Waals surface area contributed by atoms with Gasteiger partial charge in [-0.3, -0.25) is 9.69 Å². The fourth-order valence-electron chi connectivity index (χ4n) is 3.92. The quantitative estimate of drug-likeness (QED) is 0.766. The van der Waals surface area contributed by atoms with Crippen molar-refractivity contribution < 1.29 is 13.9 Å². The van der Waals surface area contributed by atoms with E-state index in [1.165, 1.54) is 0 Å². The van der Waals surface area contributed by atoms with Gasteiger partial charge >= 0.3 is 0 Å². The van der Waals surface area contributed by atoms with Gasteiger partial charge in [-0.1, -0.05) is 29.8 Å². The third kappa shape index (κ3) is 4.57. The minimum atomic E-state index is -0.0812. The predicted molar refractivity (Wildman–Crippen MR) is 106 cm³/mol. The first-order chi connectivity index (χ1) is 13.7. The number of aromatic nitrogens is 1. The van der Waals surface area contributed by atoms with Gasteiger partial charge in [0.1, 0.15) is 11.8 Å². The number of hydrogen-bond acceptors (Lipinski definition) is 5. The molecule has 2 saturated heterocycles. The average Bonchev–Trinajstić information content (AvgIpc) is 3.19. The van der Waals surface area contributed by atoms with Gasteiger partial charge in [0.2, 0.25) is 11.8 Å². The highest BCUT2D eigenvalue weighted by atomic mass is 35.5. The molecule has 1 aromatic carbocycles. The standard InChI is InChI=1S/C21H26ClN3O3/c22-18-6-2-1-5-16(18)13-17-14-23-21(28-17)19-7-3-4-8-25(19)20(26)15-24-9-11-27-12-10-24/h1-2,5-6,14,19H,3-4,7-13,15H2/t19-/m0/s1. The van der Waals surface area contributed by atoms with Crippen molar-refractivity contribution in [2.75, 3.05) is 39.4 Å². The molecule has 0 aliphatic carbocycles. The number of ether oxygens (including phenoxy) is 1. The number of rotatable bonds is 5. The topological polar surface area (TPSA) is 58.8 Å². The maximum atomic E-state index is 12.9. The van der Waals surface area contributed by atoms with Crippen LogP contribution in [-0.4, -0.2) is 60.1 Å². The number of morpholine rings is 1. The van der Waals surface area contributed by atoms with E-state index in [1.54, 1.807) is 6.20 Å². The number of benzene rings is 1. The van der Waals surface area contributed by atoms with Crippen molar-refractivity contribution in [3.05, 3.63) is 52.7 Å². The number of likely N-dealkylation sites (tertiary alicyclic amines) is 1. The van der Waals surface area contributed by atoms with Crippen LogP contribution in [0.5, 0.6) is 0 Å². The zero-order chi connectivity index (χ0) is 19.3. The second-order valence-corrected chi connectivity index (χ2v) is 7.83. The van der Waals surface area contributed by atoms with Gasteiger partial charge in [0.25, 0.3) is 0 Å². The molecule has 3 heterocycles. The zero-order valence-corrected chi connectivity index (χ0v) is 16.7. The normalized spacial score (nSPS) is 21.0. The lowest BCUT2D eigenvalue weighted by molar-refractivity contribution is -0.137. The molecule has 0 saturated carbocycles. The van der Waals surface area contributed by atoms with Gasteiger partial charge in [0.05, 0.1) is 26.0 Å². The van der Waals surface area contributed by atoms with Crippen LogP contribution in [-0.2, 0) is 16.0 Å². The van der Waals surface area contributed by atoms with Gasteiger partial charge in [-0.2, -0.15) is 0 Å². The molecule has 0 spiro atoms. The summed E-state index contributed by atoms with van der Waals surface area (Å²) in [6, 6.07) is 7.66. The molecule has 2 aliphatic heterocycles. The van der Waals surface area contributed by atoms with E-state index in [1.807, 2.05) is 29.2 Å². The van der Waals surface area contributed by atoms with E-state index in [0.29, 0.717) is 32.1 Å². The van der Waals surface area contributed by atoms with E-state index in [9.17, 15) is 4.79 Å². The molecular formula is C21H26ClN3O3. The smallest absolute Gasteiger partial charge is 0.237 e. The first-order valence-electron chi connectivity index (χ1n) is 9.98. The Kier molecular flexibility index (Phi) is 6.29. The lowest BCUT2D eigenvalue weighted by Gasteiger charge is -2.36. The molecule has 0 radical (unpaired) electrons. The maximum Gasteiger partial charge on any atom is 0.237 e. The summed E-state index contributed by atoms with van der Waals surface area (Å²) in [5.41, 5.74) is 1.01. The first kappa shape index (κ1) is 19.4. The molecule has 2 aromatic rings. The minimum Gasteiger partial charge on any atom is -0.443 e. The Morgan fingerprint density at radius 3 is 2.82 bits per heavy atom. The SMILES string of the molecule is O=C(CN1CCOCC1)N1CCCC[C@H]1c1ncc(Cc2ccccc2Cl)o1. The van der Waals surface area contributed by atoms with Crippen molar-refractivity contribution in [1.29, 1.82) is 0 Å². The molecule has 6 nitrogen and oxygen atoms in total. The van der Waals surface area contributed by atoms with Crippen LogP contribution >= 0.6 is 11.6 Å². The summed E-state index contributed by atoms with van der Waals surface area (Å²) in [5, 5.41) is 0.723. The molecule has 150 valence electrons. The Labute approximate surface area is 170 Å². The average molecular weight is 404 g/mol. The van der Waals surface area contributed by atoms with Gasteiger partial charge in [-0.15, -0.1) is 0 Å². The monoisotopic (exact) mass is 403 g/mol. The Bertz CT molecular complexity index is 804. The van der Waals surface area contributed by atoms with E-state index < -0.39 is 0 Å². The maximum absolute atomic E-state index is 12.9. The molecule has 2 aliphatic rings. The van der Waals surface area contributed by atoms with E-state index >= 15 is 0 Å². The summed E-state index contributed by atoms with van der Waals surface area (Å²) in [7, 11) is 0. The fourth-order valence-corrected chi connectivity index (χ4v) is 4.12. The lowest BCUT2D eigenvalue weighted by Crippen LogP contribution is -2.47. The molecule has 2 fully saturated rings. The molecule has 0 bridgehead atoms. The van der Waals surface area contributed by atoms with Crippen LogP contribution in [0.25, 0.3) is 0 Å². The number of carbonyl (C=O) groups excluding carboxylic acids is 1. The molecule has 7 heteroatoms. The van der Waals surface area contributed by atoms with Crippen LogP contribution in [0.3, 0.4) is 0 Å². The predicted octanol–water partition coefficient (Wildman–Crippen LogP) is 3.30. The summed E-state index contributed by atoms with van der Waals surface area (Å²) in [4.78, 5) is 21.6. The number of piperidine rings is 1. The molecular weight excluding hydrogens is 378 g/mol. The molecule has 1 aromatic heterocycles. The first-order valence-corrected chi connectivity index (χ1v) is 10.4. The van der Waals surface area contributed by atoms with E-state index in [2.05, 4.69) is 9.88 Å². The van der Waals surface area contributed by atoms with Crippen molar-refractivity contribution >= 4 is 17.5 Å². The molecule has 0 N–H and O–H groups in total. The number of hydrogen-bond donors (Lipinski definition) is 0. The van der Waals surface area contributed by atoms with Crippen molar-refractivity contribution in [3.63, 3.8) is 0 Å². The Hall–Kier alpha value is -1.89. The number of oxazole rings is 1. The van der Waals surface area contributed by atoms with Crippen molar-refractivity contribution in [2.24, 2.45) is 0 Å². The third-order valence-electron chi connectivity index (χ3n) is 5.46. The van der Waals surface area contributed by atoms with Crippen LogP contribution < -0.4 is 0 Å². The highest BCUT2D eigenvalue weighted by Gasteiger charge is 2.32. The molecule has 28 heavy (non-hydrogen) atoms. The molecule has 0 unspecified atom stereocenters. The van der Waals surface area contributed by atoms with E-state index in [4.69, 9.17) is 20.8 Å². The second kappa shape index (κ2) is 9.07. The van der Waals surface area contributed by atoms with Crippen LogP contribution in [0.15, 0.2) is 34.9 Å². The zero-order valence-electron chi connectivity index (χ0n) is 16.0. The largest absolute Gasteiger partial charge is 0.443 e. The van der Waals surface area contributed by atoms with Crippen molar-refractivity contribution in [3.8, 4) is 0 Å². The summed E-state index contributed by atoms with van der Waals surface area (Å²) in [6.07, 6.45) is 5.35. The molecule has 1 amide bonds. The second-order valence-electron chi connectivity index (χ2n) is 7.42. The van der Waals surface area contributed by atoms with Gasteiger partial charge in [-0.05, 0) is 30.9 Å². The van der Waals surface area contributed by atoms with Gasteiger partial charge in [-0.25, -0.2) is 4.98 Å². The van der Waals surface area contributed by atoms with Crippen LogP contribution in [0.2, 0.25) is 5.02 Å². The van der Waals surface area contributed by atoms with Gasteiger partial charge < -0.3 is 14.1 Å². The molecule has 1 atom stereocenters. The van der Waals surface area contributed by atoms with Gasteiger partial charge in [0.15, 0.2) is 0 Å². The van der Waals surface area contributed by atoms with E-state index in [-0.39, 0.29) is 11.9 Å². The number of carbonyl (C=O) groups is 1. The van der Waals surface area contributed by atoms with Crippen LogP contribution in [0.1, 0.15) is 42.5 Å². The highest BCUT2D eigenvalue weighted by Crippen LogP contribution is 2.31. The Morgan fingerprint density at radius 2 is 2.00 bits per heavy atom. The molecule has 4 rings (SSSR count). The fraction of sp³-hybridized carbons (Fsp3) is 0.524. The number of halogens is 1. The lowest BCUT2D eigenvalue weighted by atomic mass is 10.0. The van der Waals surface area contributed by atoms with Crippen molar-refractivity contribution in [2.45, 2.75) is 31.7 Å². The number of nitrogens with zero attached hydrogens (tertiary/aromatic N) is 3. The van der Waals surface area contributed by atoms with E-state index in [0.717, 1.165) is 55.2 Å². The van der Waals surface area contributed by atoms with Gasteiger partial charge in [0, 0.05) is 31.1 Å². The van der Waals surface area contributed by atoms with Crippen LogP contribution in [0, 0.1) is 0 Å². The van der Waals surface area contributed by atoms with Crippen LogP contribution in [0.4, 0.5) is 0 Å². The highest BCUT2D eigenvalue weighted by molar-refractivity contribution is 6.31. The summed E-state index contributed by atoms with van der Waals surface area (Å²) >= 11 is 6.26. The number of amides is 1. The third-order valence-corrected chi connectivity index (χ3v) is 5.83. The Morgan fingerprint density at radius 1 is 1.18 bits per heavy atom. The van der Waals surface area contributed by atoms with Crippen molar-refractivity contribution in [1.82, 2.24) is 14.8 Å².